The zero-order valence-electron chi connectivity index (χ0n) is 18.6. The van der Waals surface area contributed by atoms with E-state index in [0.29, 0.717) is 6.54 Å². The lowest BCUT2D eigenvalue weighted by Gasteiger charge is -2.26. The number of para-hydroxylation sites is 1. The van der Waals surface area contributed by atoms with Gasteiger partial charge in [-0.25, -0.2) is 0 Å². The van der Waals surface area contributed by atoms with Crippen molar-refractivity contribution in [2.75, 3.05) is 20.1 Å². The number of aliphatic imine (C=N–C) groups is 1. The van der Waals surface area contributed by atoms with Gasteiger partial charge in [-0.3, -0.25) is 14.5 Å². The maximum absolute atomic E-state index is 4.33. The van der Waals surface area contributed by atoms with Crippen molar-refractivity contribution in [1.82, 2.24) is 30.3 Å². The third kappa shape index (κ3) is 6.77. The van der Waals surface area contributed by atoms with Crippen LogP contribution in [0.4, 0.5) is 0 Å². The Kier molecular flexibility index (Phi) is 9.48. The van der Waals surface area contributed by atoms with Crippen LogP contribution in [0.25, 0.3) is 5.69 Å². The van der Waals surface area contributed by atoms with Crippen molar-refractivity contribution < 1.29 is 0 Å². The summed E-state index contributed by atoms with van der Waals surface area (Å²) in [7, 11) is 1.78. The van der Waals surface area contributed by atoms with Gasteiger partial charge in [-0.1, -0.05) is 48.9 Å². The minimum Gasteiger partial charge on any atom is -0.352 e. The van der Waals surface area contributed by atoms with Gasteiger partial charge in [0, 0.05) is 25.8 Å². The predicted molar refractivity (Wildman–Crippen MR) is 139 cm³/mol. The highest BCUT2D eigenvalue weighted by molar-refractivity contribution is 14.0. The fourth-order valence-electron chi connectivity index (χ4n) is 3.89. The van der Waals surface area contributed by atoms with Crippen LogP contribution in [0.1, 0.15) is 36.2 Å². The minimum absolute atomic E-state index is 0. The highest BCUT2D eigenvalue weighted by Gasteiger charge is 2.10. The van der Waals surface area contributed by atoms with Crippen LogP contribution in [-0.2, 0) is 19.6 Å². The Morgan fingerprint density at radius 3 is 2.31 bits per heavy atom. The van der Waals surface area contributed by atoms with Crippen molar-refractivity contribution in [2.45, 2.75) is 38.9 Å². The second-order valence-corrected chi connectivity index (χ2v) is 7.89. The Bertz CT molecular complexity index is 964. The summed E-state index contributed by atoms with van der Waals surface area (Å²) in [5, 5.41) is 15.0. The quantitative estimate of drug-likeness (QED) is 0.269. The second-order valence-electron chi connectivity index (χ2n) is 7.89. The van der Waals surface area contributed by atoms with E-state index in [9.17, 15) is 0 Å². The van der Waals surface area contributed by atoms with E-state index in [1.54, 1.807) is 13.4 Å². The monoisotopic (exact) mass is 545 g/mol. The molecule has 2 heterocycles. The molecule has 0 radical (unpaired) electrons. The Balaban J connectivity index is 0.00000289. The van der Waals surface area contributed by atoms with Crippen molar-refractivity contribution in [1.29, 1.82) is 0 Å². The van der Waals surface area contributed by atoms with Gasteiger partial charge in [0.2, 0.25) is 0 Å². The molecule has 32 heavy (non-hydrogen) atoms. The van der Waals surface area contributed by atoms with Crippen LogP contribution in [-0.4, -0.2) is 45.8 Å². The SMILES string of the molecule is CN=C(NCc1ccc(CN2CCCCC2)cc1)NCc1nncn1-c1ccccc1.I. The lowest BCUT2D eigenvalue weighted by atomic mass is 10.1. The highest BCUT2D eigenvalue weighted by Crippen LogP contribution is 2.14. The molecular formula is C24H32IN7. The summed E-state index contributed by atoms with van der Waals surface area (Å²) in [5.74, 6) is 1.57. The molecule has 4 rings (SSSR count). The number of benzene rings is 2. The van der Waals surface area contributed by atoms with Crippen LogP contribution >= 0.6 is 24.0 Å². The zero-order valence-corrected chi connectivity index (χ0v) is 20.9. The number of aromatic nitrogens is 3. The first kappa shape index (κ1) is 24.2. The third-order valence-corrected chi connectivity index (χ3v) is 5.63. The maximum atomic E-state index is 4.33. The lowest BCUT2D eigenvalue weighted by molar-refractivity contribution is 0.221. The first-order chi connectivity index (χ1) is 15.3. The van der Waals surface area contributed by atoms with Crippen molar-refractivity contribution >= 4 is 29.9 Å². The van der Waals surface area contributed by atoms with Crippen LogP contribution in [0.5, 0.6) is 0 Å². The molecule has 1 aliphatic heterocycles. The van der Waals surface area contributed by atoms with Gasteiger partial charge in [-0.15, -0.1) is 34.2 Å². The summed E-state index contributed by atoms with van der Waals surface area (Å²) >= 11 is 0. The number of likely N-dealkylation sites (tertiary alicyclic amines) is 1. The van der Waals surface area contributed by atoms with E-state index in [1.807, 2.05) is 34.9 Å². The van der Waals surface area contributed by atoms with Crippen molar-refractivity contribution in [3.05, 3.63) is 77.9 Å². The smallest absolute Gasteiger partial charge is 0.191 e. The second kappa shape index (κ2) is 12.5. The summed E-state index contributed by atoms with van der Waals surface area (Å²) < 4.78 is 1.97. The predicted octanol–water partition coefficient (Wildman–Crippen LogP) is 3.74. The number of rotatable bonds is 7. The Morgan fingerprint density at radius 1 is 0.906 bits per heavy atom. The maximum Gasteiger partial charge on any atom is 0.191 e. The number of nitrogens with one attached hydrogen (secondary N) is 2. The largest absolute Gasteiger partial charge is 0.352 e. The van der Waals surface area contributed by atoms with Crippen LogP contribution < -0.4 is 10.6 Å². The number of guanidine groups is 1. The van der Waals surface area contributed by atoms with Gasteiger partial charge in [0.05, 0.1) is 6.54 Å². The van der Waals surface area contributed by atoms with Crippen molar-refractivity contribution in [3.63, 3.8) is 0 Å². The Hall–Kier alpha value is -2.46. The van der Waals surface area contributed by atoms with Gasteiger partial charge in [0.15, 0.2) is 11.8 Å². The molecule has 1 saturated heterocycles. The van der Waals surface area contributed by atoms with Gasteiger partial charge in [-0.2, -0.15) is 0 Å². The number of hydrogen-bond acceptors (Lipinski definition) is 4. The minimum atomic E-state index is 0. The number of nitrogens with zero attached hydrogens (tertiary/aromatic N) is 5. The van der Waals surface area contributed by atoms with Crippen molar-refractivity contribution in [3.8, 4) is 5.69 Å². The molecule has 0 atom stereocenters. The van der Waals surface area contributed by atoms with E-state index in [1.165, 1.54) is 43.5 Å². The van der Waals surface area contributed by atoms with E-state index in [0.717, 1.165) is 30.6 Å². The molecule has 0 bridgehead atoms. The van der Waals surface area contributed by atoms with Gasteiger partial charge < -0.3 is 10.6 Å². The van der Waals surface area contributed by atoms with Crippen LogP contribution in [0.15, 0.2) is 65.9 Å². The van der Waals surface area contributed by atoms with Crippen LogP contribution in [0, 0.1) is 0 Å². The third-order valence-electron chi connectivity index (χ3n) is 5.63. The molecule has 170 valence electrons. The Labute approximate surface area is 207 Å². The standard InChI is InChI=1S/C24H31N7.HI/c1-25-24(27-17-23-29-28-19-31(23)22-8-4-2-5-9-22)26-16-20-10-12-21(13-11-20)18-30-14-6-3-7-15-30;/h2,4-5,8-13,19H,3,6-7,14-18H2,1H3,(H2,25,26,27);1H. The normalized spacial score (nSPS) is 14.6. The van der Waals surface area contributed by atoms with E-state index < -0.39 is 0 Å². The summed E-state index contributed by atoms with van der Waals surface area (Å²) in [6.07, 6.45) is 5.76. The van der Waals surface area contributed by atoms with Crippen LogP contribution in [0.2, 0.25) is 0 Å². The van der Waals surface area contributed by atoms with E-state index in [4.69, 9.17) is 0 Å². The lowest BCUT2D eigenvalue weighted by Crippen LogP contribution is -2.36. The molecule has 7 nitrogen and oxygen atoms in total. The molecular weight excluding hydrogens is 513 g/mol. The average Bonchev–Trinajstić information content (AvgIpc) is 3.30. The summed E-state index contributed by atoms with van der Waals surface area (Å²) in [4.78, 5) is 6.88. The van der Waals surface area contributed by atoms with Gasteiger partial charge in [0.1, 0.15) is 6.33 Å². The first-order valence-corrected chi connectivity index (χ1v) is 11.0. The molecule has 0 saturated carbocycles. The molecule has 1 fully saturated rings. The Morgan fingerprint density at radius 2 is 1.59 bits per heavy atom. The first-order valence-electron chi connectivity index (χ1n) is 11.0. The molecule has 1 aliphatic rings. The molecule has 2 aromatic carbocycles. The van der Waals surface area contributed by atoms with Gasteiger partial charge in [-0.05, 0) is 49.2 Å². The molecule has 0 unspecified atom stereocenters. The highest BCUT2D eigenvalue weighted by atomic mass is 127. The number of piperidine rings is 1. The number of halogens is 1. The number of hydrogen-bond donors (Lipinski definition) is 2. The zero-order chi connectivity index (χ0) is 21.3. The van der Waals surface area contributed by atoms with E-state index in [-0.39, 0.29) is 24.0 Å². The fraction of sp³-hybridized carbons (Fsp3) is 0.375. The van der Waals surface area contributed by atoms with E-state index in [2.05, 4.69) is 55.0 Å². The summed E-state index contributed by atoms with van der Waals surface area (Å²) in [6.45, 7) is 4.75. The molecule has 1 aromatic heterocycles. The van der Waals surface area contributed by atoms with E-state index >= 15 is 0 Å². The summed E-state index contributed by atoms with van der Waals surface area (Å²) in [6, 6.07) is 19.0. The molecule has 0 aliphatic carbocycles. The molecule has 8 heteroatoms. The van der Waals surface area contributed by atoms with Gasteiger partial charge in [0.25, 0.3) is 0 Å². The average molecular weight is 545 g/mol. The fourth-order valence-corrected chi connectivity index (χ4v) is 3.89. The molecule has 2 N–H and O–H groups in total. The topological polar surface area (TPSA) is 70.4 Å². The molecule has 0 spiro atoms. The van der Waals surface area contributed by atoms with Gasteiger partial charge >= 0.3 is 0 Å². The van der Waals surface area contributed by atoms with Crippen molar-refractivity contribution in [2.24, 2.45) is 4.99 Å². The summed E-state index contributed by atoms with van der Waals surface area (Å²) in [5.41, 5.74) is 3.66. The molecule has 0 amide bonds. The molecule has 3 aromatic rings. The van der Waals surface area contributed by atoms with Crippen LogP contribution in [0.3, 0.4) is 0 Å².